The fourth-order valence-corrected chi connectivity index (χ4v) is 11.9. The Morgan fingerprint density at radius 2 is 0.640 bits per heavy atom. The number of quaternary nitrogens is 1. The second kappa shape index (κ2) is 69.8. The third-order valence-electron chi connectivity index (χ3n) is 17.0. The van der Waals surface area contributed by atoms with Gasteiger partial charge in [0.05, 0.1) is 27.7 Å². The number of allylic oxidation sites excluding steroid dienone is 12. The molecular weight excluding hydrogens is 1120 g/mol. The monoisotopic (exact) mass is 1270 g/mol. The molecule has 0 aromatic rings. The van der Waals surface area contributed by atoms with E-state index in [0.717, 1.165) is 77.0 Å². The molecule has 0 aliphatic carbocycles. The minimum Gasteiger partial charge on any atom is -0.756 e. The standard InChI is InChI=1S/C79H146NO8P/c1-6-8-10-12-14-16-18-20-22-24-26-28-30-32-34-36-37-38-39-40-41-42-43-44-46-48-50-52-54-56-58-60-62-64-66-68-70-72-79(82)88-77(76-87-89(83,84)86-74-73-80(3,4)5)75-85-78(81)71-69-67-65-63-61-59-57-55-53-51-49-47-45-35-33-31-29-27-25-23-21-19-17-15-13-11-9-7-2/h8,10,14,16,20,22,26,28,32,34,37-38,77H,6-7,9,11-13,15,17-19,21,23-25,27,29-31,33,35-36,39-76H2,1-5H3/b10-8-,16-14-,22-20-,28-26-,34-32-,38-37-. The first-order valence-electron chi connectivity index (χ1n) is 38.1. The third-order valence-corrected chi connectivity index (χ3v) is 18.0. The molecule has 0 heterocycles. The summed E-state index contributed by atoms with van der Waals surface area (Å²) in [5, 5.41) is 0. The molecule has 0 N–H and O–H groups in total. The van der Waals surface area contributed by atoms with E-state index >= 15 is 0 Å². The molecule has 0 fully saturated rings. The number of phosphoric ester groups is 1. The zero-order valence-electron chi connectivity index (χ0n) is 59.4. The van der Waals surface area contributed by atoms with Gasteiger partial charge in [0, 0.05) is 12.8 Å². The fraction of sp³-hybridized carbons (Fsp3) is 0.823. The number of phosphoric acid groups is 1. The van der Waals surface area contributed by atoms with E-state index < -0.39 is 26.5 Å². The van der Waals surface area contributed by atoms with E-state index in [9.17, 15) is 19.0 Å². The Labute approximate surface area is 552 Å². The van der Waals surface area contributed by atoms with Crippen molar-refractivity contribution < 1.29 is 42.1 Å². The number of hydrogen-bond donors (Lipinski definition) is 0. The Morgan fingerprint density at radius 3 is 0.955 bits per heavy atom. The zero-order valence-corrected chi connectivity index (χ0v) is 60.3. The predicted octanol–water partition coefficient (Wildman–Crippen LogP) is 24.5. The van der Waals surface area contributed by atoms with Gasteiger partial charge in [0.2, 0.25) is 0 Å². The summed E-state index contributed by atoms with van der Waals surface area (Å²) in [5.74, 6) is -0.813. The largest absolute Gasteiger partial charge is 0.756 e. The number of rotatable bonds is 71. The number of esters is 2. The normalized spacial score (nSPS) is 13.5. The molecule has 89 heavy (non-hydrogen) atoms. The Morgan fingerprint density at radius 1 is 0.360 bits per heavy atom. The zero-order chi connectivity index (χ0) is 64.8. The van der Waals surface area contributed by atoms with Crippen LogP contribution in [0.3, 0.4) is 0 Å². The SMILES string of the molecule is CC/C=C\C/C=C\C/C=C\C/C=C\C/C=C\C/C=C\CCCCCCCCCCCCCCCCCCCCC(=O)OC(COC(=O)CCCCCCCCCCCCCCCCCCCCCCCCCCCCCC)COP(=O)([O-])OCC[N+](C)(C)C. The number of carbonyl (C=O) groups excluding carboxylic acids is 2. The van der Waals surface area contributed by atoms with E-state index in [2.05, 4.69) is 86.8 Å². The van der Waals surface area contributed by atoms with Gasteiger partial charge in [-0.1, -0.05) is 363 Å². The lowest BCUT2D eigenvalue weighted by atomic mass is 10.0. The molecule has 0 rings (SSSR count). The van der Waals surface area contributed by atoms with Crippen LogP contribution in [0.15, 0.2) is 72.9 Å². The van der Waals surface area contributed by atoms with Crippen molar-refractivity contribution in [2.24, 2.45) is 0 Å². The minimum atomic E-state index is -4.64. The molecule has 0 bridgehead atoms. The van der Waals surface area contributed by atoms with Gasteiger partial charge in [-0.05, 0) is 64.2 Å². The molecule has 9 nitrogen and oxygen atoms in total. The highest BCUT2D eigenvalue weighted by atomic mass is 31.2. The van der Waals surface area contributed by atoms with E-state index in [-0.39, 0.29) is 32.0 Å². The molecule has 10 heteroatoms. The summed E-state index contributed by atoms with van der Waals surface area (Å²) in [7, 11) is 1.18. The van der Waals surface area contributed by atoms with Gasteiger partial charge in [-0.25, -0.2) is 0 Å². The maximum Gasteiger partial charge on any atom is 0.306 e. The van der Waals surface area contributed by atoms with E-state index in [4.69, 9.17) is 18.5 Å². The first kappa shape index (κ1) is 86.5. The molecule has 0 saturated heterocycles. The number of likely N-dealkylation sites (N-methyl/N-ethyl adjacent to an activating group) is 1. The van der Waals surface area contributed by atoms with Gasteiger partial charge in [-0.3, -0.25) is 14.2 Å². The highest BCUT2D eigenvalue weighted by Gasteiger charge is 2.22. The van der Waals surface area contributed by atoms with E-state index in [1.807, 2.05) is 21.1 Å². The summed E-state index contributed by atoms with van der Waals surface area (Å²) in [4.78, 5) is 38.1. The van der Waals surface area contributed by atoms with Gasteiger partial charge in [0.1, 0.15) is 19.8 Å². The van der Waals surface area contributed by atoms with Crippen LogP contribution in [0.25, 0.3) is 0 Å². The molecule has 0 aliphatic rings. The smallest absolute Gasteiger partial charge is 0.306 e. The van der Waals surface area contributed by atoms with E-state index in [1.54, 1.807) is 0 Å². The third kappa shape index (κ3) is 74.4. The molecule has 0 radical (unpaired) electrons. The summed E-state index contributed by atoms with van der Waals surface area (Å²) in [6.07, 6.45) is 94.4. The number of ether oxygens (including phenoxy) is 2. The molecule has 2 unspecified atom stereocenters. The van der Waals surface area contributed by atoms with Crippen molar-refractivity contribution in [2.75, 3.05) is 47.5 Å². The van der Waals surface area contributed by atoms with Crippen molar-refractivity contribution in [3.8, 4) is 0 Å². The summed E-state index contributed by atoms with van der Waals surface area (Å²) in [5.41, 5.74) is 0. The molecule has 0 aliphatic heterocycles. The lowest BCUT2D eigenvalue weighted by Gasteiger charge is -2.28. The minimum absolute atomic E-state index is 0.0293. The highest BCUT2D eigenvalue weighted by Crippen LogP contribution is 2.38. The summed E-state index contributed by atoms with van der Waals surface area (Å²) < 4.78 is 34.4. The van der Waals surface area contributed by atoms with Crippen LogP contribution in [-0.2, 0) is 32.7 Å². The van der Waals surface area contributed by atoms with Crippen LogP contribution >= 0.6 is 7.82 Å². The Balaban J connectivity index is 3.96. The highest BCUT2D eigenvalue weighted by molar-refractivity contribution is 7.45. The predicted molar refractivity (Wildman–Crippen MR) is 383 cm³/mol. The molecule has 2 atom stereocenters. The molecule has 0 spiro atoms. The summed E-state index contributed by atoms with van der Waals surface area (Å²) >= 11 is 0. The quantitative estimate of drug-likeness (QED) is 0.0195. The lowest BCUT2D eigenvalue weighted by molar-refractivity contribution is -0.870. The second-order valence-corrected chi connectivity index (χ2v) is 28.4. The lowest BCUT2D eigenvalue weighted by Crippen LogP contribution is -2.37. The van der Waals surface area contributed by atoms with Crippen LogP contribution in [0.1, 0.15) is 367 Å². The Hall–Kier alpha value is -2.55. The fourth-order valence-electron chi connectivity index (χ4n) is 11.2. The molecular formula is C79H146NO8P. The maximum atomic E-state index is 12.9. The van der Waals surface area contributed by atoms with Crippen LogP contribution in [0.5, 0.6) is 0 Å². The molecule has 520 valence electrons. The van der Waals surface area contributed by atoms with Crippen molar-refractivity contribution in [3.63, 3.8) is 0 Å². The van der Waals surface area contributed by atoms with Crippen LogP contribution in [0.2, 0.25) is 0 Å². The van der Waals surface area contributed by atoms with Crippen LogP contribution < -0.4 is 4.89 Å². The number of carbonyl (C=O) groups is 2. The molecule has 0 aromatic carbocycles. The maximum absolute atomic E-state index is 12.9. The first-order valence-corrected chi connectivity index (χ1v) is 39.6. The van der Waals surface area contributed by atoms with Crippen molar-refractivity contribution in [3.05, 3.63) is 72.9 Å². The van der Waals surface area contributed by atoms with E-state index in [0.29, 0.717) is 17.4 Å². The van der Waals surface area contributed by atoms with Crippen LogP contribution in [-0.4, -0.2) is 70.0 Å². The molecule has 0 amide bonds. The average Bonchev–Trinajstić information content (AvgIpc) is 3.60. The molecule has 0 aromatic heterocycles. The van der Waals surface area contributed by atoms with Crippen molar-refractivity contribution in [1.29, 1.82) is 0 Å². The van der Waals surface area contributed by atoms with Crippen LogP contribution in [0.4, 0.5) is 0 Å². The van der Waals surface area contributed by atoms with Crippen LogP contribution in [0, 0.1) is 0 Å². The van der Waals surface area contributed by atoms with Gasteiger partial charge in [0.25, 0.3) is 7.82 Å². The summed E-state index contributed by atoms with van der Waals surface area (Å²) in [6, 6.07) is 0. The average molecular weight is 1270 g/mol. The number of hydrogen-bond acceptors (Lipinski definition) is 8. The van der Waals surface area contributed by atoms with Crippen molar-refractivity contribution in [2.45, 2.75) is 373 Å². The second-order valence-electron chi connectivity index (χ2n) is 27.0. The molecule has 0 saturated carbocycles. The van der Waals surface area contributed by atoms with Gasteiger partial charge < -0.3 is 27.9 Å². The Kier molecular flexibility index (Phi) is 67.8. The number of nitrogens with zero attached hydrogens (tertiary/aromatic N) is 1. The first-order chi connectivity index (χ1) is 43.5. The van der Waals surface area contributed by atoms with Crippen molar-refractivity contribution in [1.82, 2.24) is 0 Å². The van der Waals surface area contributed by atoms with E-state index in [1.165, 1.54) is 257 Å². The number of unbranched alkanes of at least 4 members (excludes halogenated alkanes) is 45. The van der Waals surface area contributed by atoms with Gasteiger partial charge >= 0.3 is 11.9 Å². The summed E-state index contributed by atoms with van der Waals surface area (Å²) in [6.45, 7) is 4.19. The van der Waals surface area contributed by atoms with Gasteiger partial charge in [-0.2, -0.15) is 0 Å². The van der Waals surface area contributed by atoms with Gasteiger partial charge in [-0.15, -0.1) is 0 Å². The van der Waals surface area contributed by atoms with Gasteiger partial charge in [0.15, 0.2) is 6.10 Å². The Bertz CT molecular complexity index is 1730. The van der Waals surface area contributed by atoms with Crippen molar-refractivity contribution >= 4 is 19.8 Å². The topological polar surface area (TPSA) is 111 Å².